The Bertz CT molecular complexity index is 2620. The maximum atomic E-state index is 5.32. The average Bonchev–Trinajstić information content (AvgIpc) is 3.58. The first-order chi connectivity index (χ1) is 27.3. The number of hydrogen-bond donors (Lipinski definition) is 0. The van der Waals surface area contributed by atoms with E-state index in [2.05, 4.69) is 193 Å². The minimum Gasteiger partial charge on any atom is -0.264 e. The molecule has 7 aromatic carbocycles. The lowest BCUT2D eigenvalue weighted by atomic mass is 9.67. The molecule has 2 heterocycles. The molecule has 10 rings (SSSR count). The molecule has 0 saturated heterocycles. The molecule has 1 aliphatic carbocycles. The number of pyridine rings is 1. The summed E-state index contributed by atoms with van der Waals surface area (Å²) in [5.74, 6) is 0.685. The van der Waals surface area contributed by atoms with Gasteiger partial charge in [-0.1, -0.05) is 182 Å². The van der Waals surface area contributed by atoms with Gasteiger partial charge in [0.05, 0.1) is 16.8 Å². The zero-order valence-electron chi connectivity index (χ0n) is 30.0. The first kappa shape index (κ1) is 32.4. The quantitative estimate of drug-likeness (QED) is 0.166. The smallest absolute Gasteiger partial charge is 0.160 e. The summed E-state index contributed by atoms with van der Waals surface area (Å²) in [6.07, 6.45) is 3.70. The molecule has 9 aromatic rings. The molecule has 0 aliphatic heterocycles. The predicted molar refractivity (Wildman–Crippen MR) is 224 cm³/mol. The van der Waals surface area contributed by atoms with Crippen LogP contribution in [-0.2, 0) is 5.41 Å². The van der Waals surface area contributed by atoms with Crippen molar-refractivity contribution in [2.75, 3.05) is 0 Å². The molecule has 55 heavy (non-hydrogen) atoms. The summed E-state index contributed by atoms with van der Waals surface area (Å²) >= 11 is 0. The highest BCUT2D eigenvalue weighted by Crippen LogP contribution is 2.56. The minimum absolute atomic E-state index is 0.501. The van der Waals surface area contributed by atoms with Crippen molar-refractivity contribution in [3.63, 3.8) is 0 Å². The second-order valence-electron chi connectivity index (χ2n) is 14.0. The van der Waals surface area contributed by atoms with Crippen molar-refractivity contribution in [2.45, 2.75) is 5.41 Å². The lowest BCUT2D eigenvalue weighted by Gasteiger charge is -2.34. The van der Waals surface area contributed by atoms with Crippen LogP contribution in [0.4, 0.5) is 0 Å². The summed E-state index contributed by atoms with van der Waals surface area (Å²) in [6, 6.07) is 71.4. The Hall–Kier alpha value is -7.23. The summed E-state index contributed by atoms with van der Waals surface area (Å²) in [6.45, 7) is 0. The fraction of sp³-hybridized carbons (Fsp3) is 0.0192. The van der Waals surface area contributed by atoms with Gasteiger partial charge in [-0.05, 0) is 73.8 Å². The number of rotatable bonds is 7. The van der Waals surface area contributed by atoms with E-state index >= 15 is 0 Å². The summed E-state index contributed by atoms with van der Waals surface area (Å²) in [5.41, 5.74) is 16.3. The Kier molecular flexibility index (Phi) is 8.04. The fourth-order valence-electron chi connectivity index (χ4n) is 8.29. The van der Waals surface area contributed by atoms with Gasteiger partial charge >= 0.3 is 0 Å². The Labute approximate surface area is 321 Å². The second-order valence-corrected chi connectivity index (χ2v) is 14.0. The summed E-state index contributed by atoms with van der Waals surface area (Å²) in [7, 11) is 0. The van der Waals surface area contributed by atoms with Crippen molar-refractivity contribution in [3.05, 3.63) is 235 Å². The van der Waals surface area contributed by atoms with Crippen molar-refractivity contribution in [1.29, 1.82) is 0 Å². The number of benzene rings is 7. The third-order valence-electron chi connectivity index (χ3n) is 10.9. The molecule has 3 nitrogen and oxygen atoms in total. The third-order valence-corrected chi connectivity index (χ3v) is 10.9. The van der Waals surface area contributed by atoms with Gasteiger partial charge in [0.2, 0.25) is 0 Å². The molecule has 258 valence electrons. The number of hydrogen-bond acceptors (Lipinski definition) is 3. The highest BCUT2D eigenvalue weighted by Gasteiger charge is 2.46. The third kappa shape index (κ3) is 5.65. The van der Waals surface area contributed by atoms with Gasteiger partial charge < -0.3 is 0 Å². The molecular formula is C52H35N3. The molecule has 0 bridgehead atoms. The van der Waals surface area contributed by atoms with Crippen LogP contribution >= 0.6 is 0 Å². The molecule has 1 aliphatic rings. The molecule has 2 aromatic heterocycles. The molecule has 0 atom stereocenters. The lowest BCUT2D eigenvalue weighted by molar-refractivity contribution is 0.768. The molecule has 0 amide bonds. The molecule has 0 saturated carbocycles. The highest BCUT2D eigenvalue weighted by molar-refractivity contribution is 5.88. The zero-order valence-corrected chi connectivity index (χ0v) is 30.0. The summed E-state index contributed by atoms with van der Waals surface area (Å²) in [5, 5.41) is 0. The van der Waals surface area contributed by atoms with Crippen LogP contribution in [0.1, 0.15) is 22.3 Å². The van der Waals surface area contributed by atoms with Gasteiger partial charge in [0.15, 0.2) is 5.82 Å². The first-order valence-corrected chi connectivity index (χ1v) is 18.7. The SMILES string of the molecule is c1ccc(-c2ccc(-c3nc(-c4ccc(-c5cccnc5)cc4)cc(-c4ccc5c(c4)C(c4ccccc4)(c4ccccc4)c4ccccc4-5)n3)cc2)cc1. The highest BCUT2D eigenvalue weighted by atomic mass is 14.9. The van der Waals surface area contributed by atoms with Crippen LogP contribution in [0, 0.1) is 0 Å². The zero-order chi connectivity index (χ0) is 36.6. The monoisotopic (exact) mass is 701 g/mol. The molecule has 0 fully saturated rings. The van der Waals surface area contributed by atoms with Crippen LogP contribution < -0.4 is 0 Å². The van der Waals surface area contributed by atoms with Crippen LogP contribution in [0.5, 0.6) is 0 Å². The van der Waals surface area contributed by atoms with E-state index < -0.39 is 5.41 Å². The van der Waals surface area contributed by atoms with Crippen LogP contribution in [0.2, 0.25) is 0 Å². The fourth-order valence-corrected chi connectivity index (χ4v) is 8.29. The largest absolute Gasteiger partial charge is 0.264 e. The molecule has 0 N–H and O–H groups in total. The van der Waals surface area contributed by atoms with Crippen molar-refractivity contribution in [1.82, 2.24) is 15.0 Å². The van der Waals surface area contributed by atoms with Crippen LogP contribution in [0.15, 0.2) is 213 Å². The summed E-state index contributed by atoms with van der Waals surface area (Å²) < 4.78 is 0. The topological polar surface area (TPSA) is 38.7 Å². The lowest BCUT2D eigenvalue weighted by Crippen LogP contribution is -2.28. The van der Waals surface area contributed by atoms with E-state index in [0.29, 0.717) is 5.82 Å². The van der Waals surface area contributed by atoms with Gasteiger partial charge in [0.1, 0.15) is 0 Å². The van der Waals surface area contributed by atoms with Crippen molar-refractivity contribution < 1.29 is 0 Å². The van der Waals surface area contributed by atoms with Crippen LogP contribution in [-0.4, -0.2) is 15.0 Å². The van der Waals surface area contributed by atoms with Crippen molar-refractivity contribution in [2.24, 2.45) is 0 Å². The van der Waals surface area contributed by atoms with Gasteiger partial charge in [0.25, 0.3) is 0 Å². The molecule has 0 radical (unpaired) electrons. The summed E-state index contributed by atoms with van der Waals surface area (Å²) in [4.78, 5) is 14.8. The van der Waals surface area contributed by atoms with Crippen molar-refractivity contribution >= 4 is 0 Å². The van der Waals surface area contributed by atoms with E-state index in [0.717, 1.165) is 44.8 Å². The Balaban J connectivity index is 1.16. The maximum Gasteiger partial charge on any atom is 0.160 e. The molecule has 3 heteroatoms. The second kappa shape index (κ2) is 13.6. The minimum atomic E-state index is -0.501. The maximum absolute atomic E-state index is 5.32. The van der Waals surface area contributed by atoms with E-state index in [1.807, 2.05) is 18.3 Å². The van der Waals surface area contributed by atoms with E-state index in [9.17, 15) is 0 Å². The van der Waals surface area contributed by atoms with E-state index in [1.165, 1.54) is 38.9 Å². The number of aromatic nitrogens is 3. The first-order valence-electron chi connectivity index (χ1n) is 18.7. The van der Waals surface area contributed by atoms with Gasteiger partial charge in [0, 0.05) is 29.1 Å². The van der Waals surface area contributed by atoms with E-state index in [-0.39, 0.29) is 0 Å². The standard InChI is InChI=1S/C52H35N3/c1-4-13-36(14-5-1)37-24-28-40(29-25-37)51-54-49(39-26-22-38(23-27-39)42-15-12-32-53-35-42)34-50(55-51)41-30-31-46-45-20-10-11-21-47(45)52(48(46)33-41,43-16-6-2-7-17-43)44-18-8-3-9-19-44/h1-35H. The van der Waals surface area contributed by atoms with Gasteiger partial charge in [-0.15, -0.1) is 0 Å². The average molecular weight is 702 g/mol. The van der Waals surface area contributed by atoms with Crippen LogP contribution in [0.3, 0.4) is 0 Å². The van der Waals surface area contributed by atoms with Gasteiger partial charge in [-0.3, -0.25) is 4.98 Å². The Morgan fingerprint density at radius 3 is 1.47 bits per heavy atom. The Morgan fingerprint density at radius 1 is 0.327 bits per heavy atom. The normalized spacial score (nSPS) is 12.5. The van der Waals surface area contributed by atoms with Gasteiger partial charge in [-0.2, -0.15) is 0 Å². The van der Waals surface area contributed by atoms with E-state index in [1.54, 1.807) is 6.20 Å². The molecular weight excluding hydrogens is 667 g/mol. The van der Waals surface area contributed by atoms with Gasteiger partial charge in [-0.25, -0.2) is 9.97 Å². The Morgan fingerprint density at radius 2 is 0.818 bits per heavy atom. The van der Waals surface area contributed by atoms with Crippen LogP contribution in [0.25, 0.3) is 67.3 Å². The van der Waals surface area contributed by atoms with Crippen molar-refractivity contribution in [3.8, 4) is 67.3 Å². The number of fused-ring (bicyclic) bond motifs is 3. The predicted octanol–water partition coefficient (Wildman–Crippen LogP) is 12.6. The molecule has 0 unspecified atom stereocenters. The van der Waals surface area contributed by atoms with E-state index in [4.69, 9.17) is 9.97 Å². The number of nitrogens with zero attached hydrogens (tertiary/aromatic N) is 3. The molecule has 0 spiro atoms.